The zero-order chi connectivity index (χ0) is 24.6. The molecular weight excluding hydrogens is 428 g/mol. The van der Waals surface area contributed by atoms with E-state index in [1.54, 1.807) is 0 Å². The summed E-state index contributed by atoms with van der Waals surface area (Å²) in [5.74, 6) is -2.07. The molecular formula is C25H33F2N3O3. The number of carbonyl (C=O) groups is 2. The van der Waals surface area contributed by atoms with Crippen LogP contribution in [0.2, 0.25) is 0 Å². The lowest BCUT2D eigenvalue weighted by atomic mass is 9.79. The minimum absolute atomic E-state index is 0.0437. The fourth-order valence-corrected chi connectivity index (χ4v) is 4.05. The third-order valence-corrected chi connectivity index (χ3v) is 5.58. The van der Waals surface area contributed by atoms with Crippen molar-refractivity contribution in [1.82, 2.24) is 14.9 Å². The van der Waals surface area contributed by atoms with E-state index in [1.165, 1.54) is 6.07 Å². The van der Waals surface area contributed by atoms with Crippen molar-refractivity contribution in [2.45, 2.75) is 67.0 Å². The summed E-state index contributed by atoms with van der Waals surface area (Å²) in [6.45, 7) is 12.9. The molecule has 2 heterocycles. The average Bonchev–Trinajstić information content (AvgIpc) is 2.87. The highest BCUT2D eigenvalue weighted by Gasteiger charge is 2.36. The van der Waals surface area contributed by atoms with Gasteiger partial charge in [0.1, 0.15) is 11.5 Å². The van der Waals surface area contributed by atoms with Crippen LogP contribution in [0.4, 0.5) is 8.78 Å². The number of nitrogens with zero attached hydrogens (tertiary/aromatic N) is 2. The standard InChI is InChI=1S/C25H33F2N3O3/c1-24(2,3)14-19(31)21(25(4,5)6)29-23(32)20-18-9-11-33-12-10-30(18)22(28-20)15-7-8-16(26)17(27)13-15/h7-8,13,21H,9-12,14H2,1-6H3,(H,29,32)/t21-/m1/s1. The number of aromatic nitrogens is 2. The van der Waals surface area contributed by atoms with Gasteiger partial charge in [0, 0.05) is 24.9 Å². The number of fused-ring (bicyclic) bond motifs is 1. The molecule has 1 aromatic carbocycles. The molecule has 8 heteroatoms. The number of benzene rings is 1. The first-order chi connectivity index (χ1) is 15.3. The number of rotatable bonds is 5. The van der Waals surface area contributed by atoms with E-state index in [1.807, 2.05) is 46.1 Å². The maximum absolute atomic E-state index is 13.9. The van der Waals surface area contributed by atoms with Gasteiger partial charge in [0.15, 0.2) is 17.4 Å². The molecule has 0 radical (unpaired) electrons. The maximum atomic E-state index is 13.9. The zero-order valence-corrected chi connectivity index (χ0v) is 20.2. The van der Waals surface area contributed by atoms with Gasteiger partial charge in [-0.3, -0.25) is 9.59 Å². The van der Waals surface area contributed by atoms with E-state index < -0.39 is 29.0 Å². The van der Waals surface area contributed by atoms with Gasteiger partial charge in [-0.1, -0.05) is 41.5 Å². The summed E-state index contributed by atoms with van der Waals surface area (Å²) in [5, 5.41) is 2.91. The van der Waals surface area contributed by atoms with Crippen LogP contribution in [0.1, 0.15) is 64.1 Å². The van der Waals surface area contributed by atoms with Crippen LogP contribution in [0.15, 0.2) is 18.2 Å². The van der Waals surface area contributed by atoms with Crippen molar-refractivity contribution in [2.24, 2.45) is 10.8 Å². The van der Waals surface area contributed by atoms with Gasteiger partial charge in [-0.15, -0.1) is 0 Å². The van der Waals surface area contributed by atoms with Crippen LogP contribution in [0, 0.1) is 22.5 Å². The summed E-state index contributed by atoms with van der Waals surface area (Å²) < 4.78 is 34.8. The summed E-state index contributed by atoms with van der Waals surface area (Å²) in [5.41, 5.74) is 0.486. The van der Waals surface area contributed by atoms with Gasteiger partial charge in [-0.2, -0.15) is 0 Å². The number of halogens is 2. The molecule has 1 aromatic heterocycles. The number of ether oxygens (including phenoxy) is 1. The smallest absolute Gasteiger partial charge is 0.272 e. The second-order valence-electron chi connectivity index (χ2n) is 10.8. The molecule has 180 valence electrons. The normalized spacial score (nSPS) is 15.5. The third-order valence-electron chi connectivity index (χ3n) is 5.58. The minimum Gasteiger partial charge on any atom is -0.379 e. The zero-order valence-electron chi connectivity index (χ0n) is 20.2. The molecule has 0 unspecified atom stereocenters. The molecule has 1 atom stereocenters. The molecule has 0 bridgehead atoms. The fourth-order valence-electron chi connectivity index (χ4n) is 4.05. The van der Waals surface area contributed by atoms with E-state index >= 15 is 0 Å². The van der Waals surface area contributed by atoms with Gasteiger partial charge in [0.05, 0.1) is 24.9 Å². The van der Waals surface area contributed by atoms with Crippen LogP contribution in [-0.2, 0) is 22.5 Å². The Morgan fingerprint density at radius 2 is 1.82 bits per heavy atom. The first-order valence-corrected chi connectivity index (χ1v) is 11.2. The molecule has 1 amide bonds. The van der Waals surface area contributed by atoms with Crippen molar-refractivity contribution in [3.63, 3.8) is 0 Å². The monoisotopic (exact) mass is 461 g/mol. The molecule has 0 saturated heterocycles. The first kappa shape index (κ1) is 25.0. The van der Waals surface area contributed by atoms with Crippen LogP contribution in [0.25, 0.3) is 11.4 Å². The highest BCUT2D eigenvalue weighted by molar-refractivity contribution is 5.98. The van der Waals surface area contributed by atoms with Gasteiger partial charge in [-0.25, -0.2) is 13.8 Å². The molecule has 3 rings (SSSR count). The Kier molecular flexibility index (Phi) is 7.07. The second kappa shape index (κ2) is 9.33. The van der Waals surface area contributed by atoms with Crippen LogP contribution < -0.4 is 5.32 Å². The Labute approximate surface area is 193 Å². The van der Waals surface area contributed by atoms with Crippen LogP contribution in [0.3, 0.4) is 0 Å². The summed E-state index contributed by atoms with van der Waals surface area (Å²) in [7, 11) is 0. The highest BCUT2D eigenvalue weighted by Crippen LogP contribution is 2.29. The molecule has 33 heavy (non-hydrogen) atoms. The molecule has 0 saturated carbocycles. The summed E-state index contributed by atoms with van der Waals surface area (Å²) in [4.78, 5) is 31.0. The lowest BCUT2D eigenvalue weighted by Gasteiger charge is -2.32. The highest BCUT2D eigenvalue weighted by atomic mass is 19.2. The van der Waals surface area contributed by atoms with E-state index in [2.05, 4.69) is 10.3 Å². The minimum atomic E-state index is -0.985. The molecule has 0 aliphatic carbocycles. The lowest BCUT2D eigenvalue weighted by molar-refractivity contribution is -0.125. The quantitative estimate of drug-likeness (QED) is 0.709. The average molecular weight is 462 g/mol. The van der Waals surface area contributed by atoms with Crippen LogP contribution >= 0.6 is 0 Å². The van der Waals surface area contributed by atoms with Crippen LogP contribution in [-0.4, -0.2) is 40.5 Å². The lowest BCUT2D eigenvalue weighted by Crippen LogP contribution is -2.50. The first-order valence-electron chi connectivity index (χ1n) is 11.2. The summed E-state index contributed by atoms with van der Waals surface area (Å²) >= 11 is 0. The third kappa shape index (κ3) is 5.85. The molecule has 1 aliphatic heterocycles. The fraction of sp³-hybridized carbons (Fsp3) is 0.560. The Hall–Kier alpha value is -2.61. The largest absolute Gasteiger partial charge is 0.379 e. The SMILES string of the molecule is CC(C)(C)CC(=O)[C@@H](NC(=O)c1nc(-c2ccc(F)c(F)c2)n2c1CCOCC2)C(C)(C)C. The van der Waals surface area contributed by atoms with Gasteiger partial charge in [-0.05, 0) is 29.0 Å². The Morgan fingerprint density at radius 1 is 1.12 bits per heavy atom. The maximum Gasteiger partial charge on any atom is 0.272 e. The van der Waals surface area contributed by atoms with Crippen molar-refractivity contribution < 1.29 is 23.1 Å². The van der Waals surface area contributed by atoms with Crippen molar-refractivity contribution in [3.8, 4) is 11.4 Å². The van der Waals surface area contributed by atoms with Crippen LogP contribution in [0.5, 0.6) is 0 Å². The second-order valence-corrected chi connectivity index (χ2v) is 10.8. The predicted octanol–water partition coefficient (Wildman–Crippen LogP) is 4.55. The Balaban J connectivity index is 2.00. The van der Waals surface area contributed by atoms with Crippen molar-refractivity contribution in [1.29, 1.82) is 0 Å². The van der Waals surface area contributed by atoms with Crippen molar-refractivity contribution in [3.05, 3.63) is 41.2 Å². The predicted molar refractivity (Wildman–Crippen MR) is 122 cm³/mol. The molecule has 1 aliphatic rings. The Bertz CT molecular complexity index is 1050. The van der Waals surface area contributed by atoms with Crippen molar-refractivity contribution >= 4 is 11.7 Å². The number of nitrogens with one attached hydrogen (secondary N) is 1. The number of ketones is 1. The van der Waals surface area contributed by atoms with E-state index in [4.69, 9.17) is 4.74 Å². The number of Topliss-reactive ketones (excluding diaryl/α,β-unsaturated/α-hetero) is 1. The van der Waals surface area contributed by atoms with Gasteiger partial charge in [0.2, 0.25) is 0 Å². The number of hydrogen-bond donors (Lipinski definition) is 1. The van der Waals surface area contributed by atoms with Gasteiger partial charge < -0.3 is 14.6 Å². The van der Waals surface area contributed by atoms with Gasteiger partial charge in [0.25, 0.3) is 5.91 Å². The number of hydrogen-bond acceptors (Lipinski definition) is 4. The molecule has 0 spiro atoms. The molecule has 0 fully saturated rings. The molecule has 2 aromatic rings. The van der Waals surface area contributed by atoms with E-state index in [9.17, 15) is 18.4 Å². The number of imidazole rings is 1. The van der Waals surface area contributed by atoms with Gasteiger partial charge >= 0.3 is 0 Å². The summed E-state index contributed by atoms with van der Waals surface area (Å²) in [6, 6.07) is 2.85. The van der Waals surface area contributed by atoms with E-state index in [0.717, 1.165) is 12.1 Å². The molecule has 6 nitrogen and oxygen atoms in total. The van der Waals surface area contributed by atoms with E-state index in [-0.39, 0.29) is 16.9 Å². The Morgan fingerprint density at radius 3 is 2.42 bits per heavy atom. The van der Waals surface area contributed by atoms with E-state index in [0.29, 0.717) is 49.7 Å². The summed E-state index contributed by atoms with van der Waals surface area (Å²) in [6.07, 6.45) is 0.764. The topological polar surface area (TPSA) is 73.2 Å². The molecule has 1 N–H and O–H groups in total. The number of carbonyl (C=O) groups excluding carboxylic acids is 2. The van der Waals surface area contributed by atoms with Crippen molar-refractivity contribution in [2.75, 3.05) is 13.2 Å². The number of amides is 1.